The summed E-state index contributed by atoms with van der Waals surface area (Å²) < 4.78 is 22.4. The number of carbonyl (C=O) groups excluding carboxylic acids is 2. The Morgan fingerprint density at radius 2 is 1.77 bits per heavy atom. The van der Waals surface area contributed by atoms with Crippen molar-refractivity contribution >= 4 is 27.5 Å². The second kappa shape index (κ2) is 8.11. The Morgan fingerprint density at radius 1 is 1.12 bits per heavy atom. The maximum atomic E-state index is 12.4. The molecule has 26 heavy (non-hydrogen) atoms. The van der Waals surface area contributed by atoms with Crippen LogP contribution in [0.3, 0.4) is 0 Å². The molecule has 138 valence electrons. The highest BCUT2D eigenvalue weighted by molar-refractivity contribution is 7.89. The molecule has 0 aromatic heterocycles. The van der Waals surface area contributed by atoms with Gasteiger partial charge < -0.3 is 10.2 Å². The van der Waals surface area contributed by atoms with Crippen LogP contribution in [0.25, 0.3) is 0 Å². The first-order valence-electron chi connectivity index (χ1n) is 8.00. The van der Waals surface area contributed by atoms with Crippen LogP contribution < -0.4 is 15.4 Å². The molecule has 2 amide bonds. The first-order valence-corrected chi connectivity index (χ1v) is 9.55. The second-order valence-corrected chi connectivity index (χ2v) is 7.32. The largest absolute Gasteiger partial charge is 0.344 e. The standard InChI is InChI=1S/C18H21N3O4S/c1-3-21(15-6-4-5-13(2)11-15)18(23)17(22)20-12-14-7-9-16(10-8-14)26(19,24)25/h4-11H,3,12H2,1-2H3,(H,20,22)(H2,19,24,25). The highest BCUT2D eigenvalue weighted by Gasteiger charge is 2.21. The molecule has 0 aliphatic rings. The van der Waals surface area contributed by atoms with Crippen molar-refractivity contribution in [2.24, 2.45) is 5.14 Å². The quantitative estimate of drug-likeness (QED) is 0.768. The zero-order valence-electron chi connectivity index (χ0n) is 14.6. The lowest BCUT2D eigenvalue weighted by atomic mass is 10.2. The lowest BCUT2D eigenvalue weighted by Gasteiger charge is -2.20. The number of aryl methyl sites for hydroxylation is 1. The fourth-order valence-electron chi connectivity index (χ4n) is 2.42. The number of primary sulfonamides is 1. The smallest absolute Gasteiger partial charge is 0.316 e. The topological polar surface area (TPSA) is 110 Å². The number of likely N-dealkylation sites (N-methyl/N-ethyl adjacent to an activating group) is 1. The van der Waals surface area contributed by atoms with Gasteiger partial charge in [0.05, 0.1) is 4.90 Å². The second-order valence-electron chi connectivity index (χ2n) is 5.76. The Kier molecular flexibility index (Phi) is 6.12. The number of sulfonamides is 1. The van der Waals surface area contributed by atoms with Crippen molar-refractivity contribution in [3.05, 3.63) is 59.7 Å². The number of amides is 2. The summed E-state index contributed by atoms with van der Waals surface area (Å²) in [5, 5.41) is 7.58. The molecular weight excluding hydrogens is 354 g/mol. The van der Waals surface area contributed by atoms with E-state index in [9.17, 15) is 18.0 Å². The summed E-state index contributed by atoms with van der Waals surface area (Å²) in [6.07, 6.45) is 0. The minimum absolute atomic E-state index is 0.0136. The molecule has 2 aromatic carbocycles. The third kappa shape index (κ3) is 4.90. The molecule has 0 spiro atoms. The average Bonchev–Trinajstić information content (AvgIpc) is 2.60. The summed E-state index contributed by atoms with van der Waals surface area (Å²) in [5.41, 5.74) is 2.30. The number of nitrogens with two attached hydrogens (primary N) is 1. The molecule has 0 saturated heterocycles. The predicted molar refractivity (Wildman–Crippen MR) is 98.9 cm³/mol. The van der Waals surface area contributed by atoms with Crippen molar-refractivity contribution in [3.8, 4) is 0 Å². The van der Waals surface area contributed by atoms with Crippen molar-refractivity contribution in [2.75, 3.05) is 11.4 Å². The molecule has 0 aliphatic carbocycles. The van der Waals surface area contributed by atoms with E-state index in [4.69, 9.17) is 5.14 Å². The lowest BCUT2D eigenvalue weighted by Crippen LogP contribution is -2.42. The Labute approximate surface area is 152 Å². The van der Waals surface area contributed by atoms with Crippen LogP contribution in [0.15, 0.2) is 53.4 Å². The molecule has 2 rings (SSSR count). The number of anilines is 1. The summed E-state index contributed by atoms with van der Waals surface area (Å²) in [7, 11) is -3.76. The summed E-state index contributed by atoms with van der Waals surface area (Å²) >= 11 is 0. The van der Waals surface area contributed by atoms with Crippen LogP contribution >= 0.6 is 0 Å². The number of nitrogens with zero attached hydrogens (tertiary/aromatic N) is 1. The zero-order chi connectivity index (χ0) is 19.3. The first-order chi connectivity index (χ1) is 12.2. The Bertz CT molecular complexity index is 908. The summed E-state index contributed by atoms with van der Waals surface area (Å²) in [5.74, 6) is -1.39. The van der Waals surface area contributed by atoms with Gasteiger partial charge in [0, 0.05) is 18.8 Å². The average molecular weight is 375 g/mol. The molecule has 7 nitrogen and oxygen atoms in total. The van der Waals surface area contributed by atoms with Crippen molar-refractivity contribution in [2.45, 2.75) is 25.3 Å². The van der Waals surface area contributed by atoms with Crippen LogP contribution in [0.4, 0.5) is 5.69 Å². The molecule has 0 bridgehead atoms. The van der Waals surface area contributed by atoms with Crippen LogP contribution in [-0.4, -0.2) is 26.8 Å². The van der Waals surface area contributed by atoms with E-state index in [-0.39, 0.29) is 11.4 Å². The van der Waals surface area contributed by atoms with Crippen LogP contribution in [0.2, 0.25) is 0 Å². The number of carbonyl (C=O) groups is 2. The van der Waals surface area contributed by atoms with Crippen molar-refractivity contribution in [3.63, 3.8) is 0 Å². The van der Waals surface area contributed by atoms with Gasteiger partial charge in [0.25, 0.3) is 0 Å². The van der Waals surface area contributed by atoms with Gasteiger partial charge in [-0.25, -0.2) is 13.6 Å². The number of rotatable bonds is 5. The molecule has 0 fully saturated rings. The van der Waals surface area contributed by atoms with E-state index in [2.05, 4.69) is 5.32 Å². The Hall–Kier alpha value is -2.71. The van der Waals surface area contributed by atoms with Gasteiger partial charge in [-0.15, -0.1) is 0 Å². The van der Waals surface area contributed by atoms with E-state index >= 15 is 0 Å². The van der Waals surface area contributed by atoms with Crippen LogP contribution in [0, 0.1) is 6.92 Å². The van der Waals surface area contributed by atoms with Crippen molar-refractivity contribution < 1.29 is 18.0 Å². The maximum Gasteiger partial charge on any atom is 0.316 e. The molecule has 0 unspecified atom stereocenters. The van der Waals surface area contributed by atoms with Crippen molar-refractivity contribution in [1.82, 2.24) is 5.32 Å². The Morgan fingerprint density at radius 3 is 2.31 bits per heavy atom. The Balaban J connectivity index is 2.03. The summed E-state index contributed by atoms with van der Waals surface area (Å²) in [4.78, 5) is 26.0. The van der Waals surface area contributed by atoms with Gasteiger partial charge in [-0.05, 0) is 49.2 Å². The van der Waals surface area contributed by atoms with Gasteiger partial charge in [-0.2, -0.15) is 0 Å². The van der Waals surface area contributed by atoms with Crippen LogP contribution in [-0.2, 0) is 26.2 Å². The third-order valence-electron chi connectivity index (χ3n) is 3.77. The highest BCUT2D eigenvalue weighted by Crippen LogP contribution is 2.16. The van der Waals surface area contributed by atoms with Gasteiger partial charge in [-0.3, -0.25) is 9.59 Å². The van der Waals surface area contributed by atoms with Crippen molar-refractivity contribution in [1.29, 1.82) is 0 Å². The molecule has 8 heteroatoms. The summed E-state index contributed by atoms with van der Waals surface area (Å²) in [6, 6.07) is 13.1. The first kappa shape index (κ1) is 19.6. The van der Waals surface area contributed by atoms with Gasteiger partial charge in [-0.1, -0.05) is 24.3 Å². The molecule has 0 saturated carbocycles. The van der Waals surface area contributed by atoms with E-state index in [1.54, 1.807) is 13.0 Å². The van der Waals surface area contributed by atoms with Gasteiger partial charge in [0.2, 0.25) is 10.0 Å². The number of hydrogen-bond donors (Lipinski definition) is 2. The maximum absolute atomic E-state index is 12.4. The van der Waals surface area contributed by atoms with Gasteiger partial charge in [0.15, 0.2) is 0 Å². The number of benzene rings is 2. The third-order valence-corrected chi connectivity index (χ3v) is 4.70. The summed E-state index contributed by atoms with van der Waals surface area (Å²) in [6.45, 7) is 4.16. The van der Waals surface area contributed by atoms with Crippen LogP contribution in [0.1, 0.15) is 18.1 Å². The van der Waals surface area contributed by atoms with E-state index in [0.29, 0.717) is 17.8 Å². The molecule has 0 heterocycles. The van der Waals surface area contributed by atoms with E-state index < -0.39 is 21.8 Å². The fourth-order valence-corrected chi connectivity index (χ4v) is 2.93. The molecule has 2 aromatic rings. The lowest BCUT2D eigenvalue weighted by molar-refractivity contribution is -0.137. The van der Waals surface area contributed by atoms with Gasteiger partial charge in [0.1, 0.15) is 0 Å². The predicted octanol–water partition coefficient (Wildman–Crippen LogP) is 1.31. The number of hydrogen-bond acceptors (Lipinski definition) is 4. The monoisotopic (exact) mass is 375 g/mol. The van der Waals surface area contributed by atoms with Gasteiger partial charge >= 0.3 is 11.8 Å². The van der Waals surface area contributed by atoms with E-state index in [0.717, 1.165) is 5.56 Å². The molecule has 0 aliphatic heterocycles. The SMILES string of the molecule is CCN(C(=O)C(=O)NCc1ccc(S(N)(=O)=O)cc1)c1cccc(C)c1. The molecule has 0 atom stereocenters. The molecule has 0 radical (unpaired) electrons. The normalized spacial score (nSPS) is 11.0. The molecular formula is C18H21N3O4S. The van der Waals surface area contributed by atoms with E-state index in [1.165, 1.54) is 29.2 Å². The van der Waals surface area contributed by atoms with Crippen LogP contribution in [0.5, 0.6) is 0 Å². The zero-order valence-corrected chi connectivity index (χ0v) is 15.4. The van der Waals surface area contributed by atoms with E-state index in [1.807, 2.05) is 25.1 Å². The number of nitrogens with one attached hydrogen (secondary N) is 1. The fraction of sp³-hybridized carbons (Fsp3) is 0.222. The minimum Gasteiger partial charge on any atom is -0.344 e. The molecule has 3 N–H and O–H groups in total. The highest BCUT2D eigenvalue weighted by atomic mass is 32.2. The minimum atomic E-state index is -3.76.